The molecule has 0 aromatic heterocycles. The van der Waals surface area contributed by atoms with Gasteiger partial charge in [-0.2, -0.15) is 0 Å². The summed E-state index contributed by atoms with van der Waals surface area (Å²) >= 11 is 9.46. The lowest BCUT2D eigenvalue weighted by Gasteiger charge is -2.07. The van der Waals surface area contributed by atoms with E-state index in [0.717, 1.165) is 15.6 Å². The molecule has 0 aliphatic heterocycles. The molecule has 0 aliphatic carbocycles. The zero-order valence-corrected chi connectivity index (χ0v) is 13.2. The predicted molar refractivity (Wildman–Crippen MR) is 88.0 cm³/mol. The van der Waals surface area contributed by atoms with Crippen molar-refractivity contribution in [2.24, 2.45) is 0 Å². The number of nitrogens with one attached hydrogen (secondary N) is 1. The van der Waals surface area contributed by atoms with Crippen LogP contribution in [0.5, 0.6) is 0 Å². The molecule has 2 rings (SSSR count). The smallest absolute Gasteiger partial charge is 0.248 e. The molecule has 2 aromatic rings. The van der Waals surface area contributed by atoms with Crippen LogP contribution in [-0.2, 0) is 4.79 Å². The van der Waals surface area contributed by atoms with E-state index in [1.165, 1.54) is 6.08 Å². The van der Waals surface area contributed by atoms with Crippen LogP contribution in [0.1, 0.15) is 11.1 Å². The van der Waals surface area contributed by atoms with Gasteiger partial charge in [-0.05, 0) is 52.2 Å². The fraction of sp³-hybridized carbons (Fsp3) is 0.0625. The fourth-order valence-electron chi connectivity index (χ4n) is 1.65. The van der Waals surface area contributed by atoms with E-state index in [1.807, 2.05) is 43.3 Å². The molecule has 0 unspecified atom stereocenters. The Kier molecular flexibility index (Phi) is 4.99. The van der Waals surface area contributed by atoms with Gasteiger partial charge in [0.2, 0.25) is 5.91 Å². The Morgan fingerprint density at radius 3 is 2.65 bits per heavy atom. The minimum Gasteiger partial charge on any atom is -0.321 e. The normalized spacial score (nSPS) is 10.8. The lowest BCUT2D eigenvalue weighted by Crippen LogP contribution is -2.08. The summed E-state index contributed by atoms with van der Waals surface area (Å²) in [6.07, 6.45) is 3.26. The first kappa shape index (κ1) is 14.8. The van der Waals surface area contributed by atoms with Crippen LogP contribution in [0.3, 0.4) is 0 Å². The van der Waals surface area contributed by atoms with E-state index in [2.05, 4.69) is 21.2 Å². The molecule has 0 spiro atoms. The molecule has 0 fully saturated rings. The molecule has 4 heteroatoms. The molecule has 2 aromatic carbocycles. The summed E-state index contributed by atoms with van der Waals surface area (Å²) in [5, 5.41) is 3.41. The van der Waals surface area contributed by atoms with Crippen molar-refractivity contribution in [3.8, 4) is 0 Å². The molecule has 20 heavy (non-hydrogen) atoms. The van der Waals surface area contributed by atoms with Gasteiger partial charge in [-0.3, -0.25) is 4.79 Å². The summed E-state index contributed by atoms with van der Waals surface area (Å²) < 4.78 is 0.806. The number of benzene rings is 2. The molecule has 2 nitrogen and oxygen atoms in total. The average molecular weight is 351 g/mol. The number of hydrogen-bond acceptors (Lipinski definition) is 1. The molecule has 0 atom stereocenters. The fourth-order valence-corrected chi connectivity index (χ4v) is 2.37. The summed E-state index contributed by atoms with van der Waals surface area (Å²) in [6.45, 7) is 1.91. The molecular weight excluding hydrogens is 338 g/mol. The second kappa shape index (κ2) is 6.73. The third kappa shape index (κ3) is 3.95. The van der Waals surface area contributed by atoms with Crippen molar-refractivity contribution in [1.82, 2.24) is 0 Å². The van der Waals surface area contributed by atoms with Gasteiger partial charge in [-0.1, -0.05) is 41.9 Å². The third-order valence-electron chi connectivity index (χ3n) is 2.73. The minimum atomic E-state index is -0.200. The monoisotopic (exact) mass is 349 g/mol. The Bertz CT molecular complexity index is 653. The molecule has 1 N–H and O–H groups in total. The average Bonchev–Trinajstić information content (AvgIpc) is 2.44. The van der Waals surface area contributed by atoms with Crippen LogP contribution in [0.25, 0.3) is 6.08 Å². The van der Waals surface area contributed by atoms with Gasteiger partial charge in [-0.25, -0.2) is 0 Å². The van der Waals surface area contributed by atoms with Gasteiger partial charge < -0.3 is 5.32 Å². The van der Waals surface area contributed by atoms with Gasteiger partial charge in [0.15, 0.2) is 0 Å². The topological polar surface area (TPSA) is 29.1 Å². The van der Waals surface area contributed by atoms with E-state index in [-0.39, 0.29) is 5.91 Å². The van der Waals surface area contributed by atoms with Gasteiger partial charge in [0, 0.05) is 15.6 Å². The highest BCUT2D eigenvalue weighted by atomic mass is 79.9. The molecule has 0 saturated heterocycles. The zero-order chi connectivity index (χ0) is 14.5. The number of carbonyl (C=O) groups excluding carboxylic acids is 1. The number of carbonyl (C=O) groups is 1. The lowest BCUT2D eigenvalue weighted by molar-refractivity contribution is -0.111. The van der Waals surface area contributed by atoms with Crippen LogP contribution in [0.4, 0.5) is 5.69 Å². The number of amides is 1. The van der Waals surface area contributed by atoms with Crippen LogP contribution in [0.2, 0.25) is 5.02 Å². The molecule has 0 aliphatic rings. The molecule has 0 heterocycles. The van der Waals surface area contributed by atoms with E-state index >= 15 is 0 Å². The summed E-state index contributed by atoms with van der Waals surface area (Å²) in [5.74, 6) is -0.200. The Morgan fingerprint density at radius 2 is 1.95 bits per heavy atom. The maximum absolute atomic E-state index is 11.9. The first-order valence-corrected chi connectivity index (χ1v) is 7.23. The zero-order valence-electron chi connectivity index (χ0n) is 10.9. The van der Waals surface area contributed by atoms with Gasteiger partial charge in [-0.15, -0.1) is 0 Å². The number of halogens is 2. The number of hydrogen-bond donors (Lipinski definition) is 1. The van der Waals surface area contributed by atoms with Crippen LogP contribution >= 0.6 is 27.5 Å². The maximum atomic E-state index is 11.9. The lowest BCUT2D eigenvalue weighted by atomic mass is 10.2. The number of rotatable bonds is 3. The van der Waals surface area contributed by atoms with Gasteiger partial charge >= 0.3 is 0 Å². The van der Waals surface area contributed by atoms with E-state index < -0.39 is 0 Å². The van der Waals surface area contributed by atoms with Crippen molar-refractivity contribution in [1.29, 1.82) is 0 Å². The SMILES string of the molecule is Cc1cc(Br)c(NC(=O)/C=C/c2ccccc2)cc1Cl. The molecule has 1 amide bonds. The molecule has 102 valence electrons. The highest BCUT2D eigenvalue weighted by Gasteiger charge is 2.06. The standard InChI is InChI=1S/C16H13BrClNO/c1-11-9-13(17)15(10-14(11)18)19-16(20)8-7-12-5-3-2-4-6-12/h2-10H,1H3,(H,19,20)/b8-7+. The summed E-state index contributed by atoms with van der Waals surface area (Å²) in [4.78, 5) is 11.9. The Labute approximate surface area is 131 Å². The van der Waals surface area contributed by atoms with Crippen molar-refractivity contribution < 1.29 is 4.79 Å². The highest BCUT2D eigenvalue weighted by Crippen LogP contribution is 2.29. The maximum Gasteiger partial charge on any atom is 0.248 e. The van der Waals surface area contributed by atoms with Crippen molar-refractivity contribution in [3.05, 3.63) is 69.2 Å². The predicted octanol–water partition coefficient (Wildman–Crippen LogP) is 5.06. The van der Waals surface area contributed by atoms with Crippen molar-refractivity contribution in [3.63, 3.8) is 0 Å². The largest absolute Gasteiger partial charge is 0.321 e. The van der Waals surface area contributed by atoms with Gasteiger partial charge in [0.05, 0.1) is 5.69 Å². The van der Waals surface area contributed by atoms with E-state index in [1.54, 1.807) is 12.1 Å². The second-order valence-corrected chi connectivity index (χ2v) is 5.58. The van der Waals surface area contributed by atoms with Crippen LogP contribution in [-0.4, -0.2) is 5.91 Å². The van der Waals surface area contributed by atoms with Crippen LogP contribution in [0.15, 0.2) is 53.0 Å². The van der Waals surface area contributed by atoms with Crippen LogP contribution in [0, 0.1) is 6.92 Å². The Morgan fingerprint density at radius 1 is 1.25 bits per heavy atom. The summed E-state index contributed by atoms with van der Waals surface area (Å²) in [7, 11) is 0. The van der Waals surface area contributed by atoms with E-state index in [9.17, 15) is 4.79 Å². The quantitative estimate of drug-likeness (QED) is 0.770. The van der Waals surface area contributed by atoms with E-state index in [0.29, 0.717) is 10.7 Å². The second-order valence-electron chi connectivity index (χ2n) is 4.31. The van der Waals surface area contributed by atoms with Gasteiger partial charge in [0.1, 0.15) is 0 Å². The molecule has 0 saturated carbocycles. The molecular formula is C16H13BrClNO. The Balaban J connectivity index is 2.09. The van der Waals surface area contributed by atoms with Crippen molar-refractivity contribution in [2.75, 3.05) is 5.32 Å². The highest BCUT2D eigenvalue weighted by molar-refractivity contribution is 9.10. The summed E-state index contributed by atoms with van der Waals surface area (Å²) in [5.41, 5.74) is 2.59. The summed E-state index contributed by atoms with van der Waals surface area (Å²) in [6, 6.07) is 13.3. The van der Waals surface area contributed by atoms with Crippen LogP contribution < -0.4 is 5.32 Å². The van der Waals surface area contributed by atoms with Gasteiger partial charge in [0.25, 0.3) is 0 Å². The first-order chi connectivity index (χ1) is 9.56. The Hall–Kier alpha value is -1.58. The molecule has 0 radical (unpaired) electrons. The van der Waals surface area contributed by atoms with E-state index in [4.69, 9.17) is 11.6 Å². The van der Waals surface area contributed by atoms with Crippen molar-refractivity contribution >= 4 is 45.2 Å². The first-order valence-electron chi connectivity index (χ1n) is 6.06. The minimum absolute atomic E-state index is 0.200. The third-order valence-corrected chi connectivity index (χ3v) is 3.80. The number of anilines is 1. The number of aryl methyl sites for hydroxylation is 1. The molecule has 0 bridgehead atoms. The van der Waals surface area contributed by atoms with Crippen molar-refractivity contribution in [2.45, 2.75) is 6.92 Å².